The maximum Gasteiger partial charge on any atom is 0.240 e. The molecule has 0 spiro atoms. The van der Waals surface area contributed by atoms with Crippen LogP contribution in [-0.4, -0.2) is 11.1 Å². The molecule has 0 aromatic rings. The van der Waals surface area contributed by atoms with Crippen LogP contribution in [0.5, 0.6) is 0 Å². The third-order valence-corrected chi connectivity index (χ3v) is 1.80. The van der Waals surface area contributed by atoms with Gasteiger partial charge in [0.05, 0.1) is 0 Å². The minimum Gasteiger partial charge on any atom is -0.211 e. The lowest BCUT2D eigenvalue weighted by molar-refractivity contribution is 0.564. The third kappa shape index (κ3) is 5.99. The highest BCUT2D eigenvalue weighted by molar-refractivity contribution is 7.78. The van der Waals surface area contributed by atoms with Crippen molar-refractivity contribution in [1.29, 1.82) is 0 Å². The van der Waals surface area contributed by atoms with Crippen molar-refractivity contribution in [2.24, 2.45) is 4.99 Å². The summed E-state index contributed by atoms with van der Waals surface area (Å²) in [6.45, 7) is 2.15. The van der Waals surface area contributed by atoms with Gasteiger partial charge in [-0.3, -0.25) is 0 Å². The molecule has 0 aromatic heterocycles. The van der Waals surface area contributed by atoms with Crippen LogP contribution in [0.4, 0.5) is 0 Å². The topological polar surface area (TPSA) is 29.4 Å². The van der Waals surface area contributed by atoms with Gasteiger partial charge < -0.3 is 0 Å². The van der Waals surface area contributed by atoms with Gasteiger partial charge in [0.2, 0.25) is 6.08 Å². The Balaban J connectivity index is 3.60. The van der Waals surface area contributed by atoms with E-state index in [4.69, 9.17) is 0 Å². The number of isocyanates is 1. The summed E-state index contributed by atoms with van der Waals surface area (Å²) in [6, 6.07) is 0. The largest absolute Gasteiger partial charge is 0.240 e. The number of hydrogen-bond acceptors (Lipinski definition) is 3. The number of thiocarbonyl (C=S) groups is 1. The summed E-state index contributed by atoms with van der Waals surface area (Å²) in [5, 5.41) is 2.45. The van der Waals surface area contributed by atoms with Crippen LogP contribution in [0, 0.1) is 0 Å². The monoisotopic (exact) mass is 183 g/mol. The SMILES string of the molecule is CCCCCCC(=C=S)N=C=O. The smallest absolute Gasteiger partial charge is 0.211 e. The first-order valence-corrected chi connectivity index (χ1v) is 4.57. The first kappa shape index (κ1) is 11.2. The molecule has 0 aliphatic carbocycles. The van der Waals surface area contributed by atoms with Crippen LogP contribution in [0.15, 0.2) is 10.7 Å². The summed E-state index contributed by atoms with van der Waals surface area (Å²) in [5.74, 6) is 0. The van der Waals surface area contributed by atoms with Gasteiger partial charge in [-0.05, 0) is 30.1 Å². The number of nitrogens with zero attached hydrogens (tertiary/aromatic N) is 1. The molecule has 0 aromatic carbocycles. The Kier molecular flexibility index (Phi) is 7.83. The van der Waals surface area contributed by atoms with Gasteiger partial charge in [-0.2, -0.15) is 4.99 Å². The number of aliphatic imine (C=N–C) groups is 1. The van der Waals surface area contributed by atoms with Crippen molar-refractivity contribution in [3.05, 3.63) is 5.70 Å². The Morgan fingerprint density at radius 3 is 2.67 bits per heavy atom. The van der Waals surface area contributed by atoms with E-state index in [0.29, 0.717) is 5.70 Å². The van der Waals surface area contributed by atoms with Crippen LogP contribution in [0.3, 0.4) is 0 Å². The summed E-state index contributed by atoms with van der Waals surface area (Å²) in [6.07, 6.45) is 6.82. The maximum atomic E-state index is 9.86. The summed E-state index contributed by atoms with van der Waals surface area (Å²) < 4.78 is 0. The lowest BCUT2D eigenvalue weighted by atomic mass is 10.1. The molecular formula is C9H13NOS. The van der Waals surface area contributed by atoms with Crippen LogP contribution in [0.1, 0.15) is 39.0 Å². The summed E-state index contributed by atoms with van der Waals surface area (Å²) in [4.78, 5) is 13.3. The van der Waals surface area contributed by atoms with Crippen LogP contribution in [0.2, 0.25) is 0 Å². The molecule has 3 heteroatoms. The van der Waals surface area contributed by atoms with Gasteiger partial charge in [-0.25, -0.2) is 4.79 Å². The maximum absolute atomic E-state index is 9.86. The van der Waals surface area contributed by atoms with Gasteiger partial charge in [-0.15, -0.1) is 0 Å². The zero-order chi connectivity index (χ0) is 9.23. The van der Waals surface area contributed by atoms with Crippen molar-refractivity contribution in [3.63, 3.8) is 0 Å². The second kappa shape index (κ2) is 8.35. The zero-order valence-electron chi connectivity index (χ0n) is 7.30. The minimum absolute atomic E-state index is 0.552. The first-order valence-electron chi connectivity index (χ1n) is 4.17. The van der Waals surface area contributed by atoms with Crippen molar-refractivity contribution < 1.29 is 4.79 Å². The van der Waals surface area contributed by atoms with E-state index in [1.54, 1.807) is 0 Å². The van der Waals surface area contributed by atoms with Crippen LogP contribution in [-0.2, 0) is 4.79 Å². The van der Waals surface area contributed by atoms with Crippen molar-refractivity contribution in [2.75, 3.05) is 0 Å². The lowest BCUT2D eigenvalue weighted by Crippen LogP contribution is -1.81. The Morgan fingerprint density at radius 2 is 2.17 bits per heavy atom. The lowest BCUT2D eigenvalue weighted by Gasteiger charge is -1.95. The van der Waals surface area contributed by atoms with Crippen LogP contribution >= 0.6 is 12.2 Å². The molecule has 0 saturated carbocycles. The van der Waals surface area contributed by atoms with E-state index in [1.807, 2.05) is 0 Å². The molecule has 0 N–H and O–H groups in total. The van der Waals surface area contributed by atoms with Crippen molar-refractivity contribution >= 4 is 23.3 Å². The van der Waals surface area contributed by atoms with E-state index in [0.717, 1.165) is 19.3 Å². The second-order valence-electron chi connectivity index (χ2n) is 2.56. The number of rotatable bonds is 6. The molecule has 0 fully saturated rings. The molecule has 0 aliphatic heterocycles. The molecule has 66 valence electrons. The Bertz CT molecular complexity index is 213. The van der Waals surface area contributed by atoms with E-state index in [2.05, 4.69) is 29.2 Å². The van der Waals surface area contributed by atoms with Gasteiger partial charge in [0, 0.05) is 0 Å². The quantitative estimate of drug-likeness (QED) is 0.274. The molecule has 12 heavy (non-hydrogen) atoms. The van der Waals surface area contributed by atoms with Gasteiger partial charge in [0.1, 0.15) is 5.70 Å². The standard InChI is InChI=1S/C9H13NOS/c1-2-3-4-5-6-9(7-12)10-8-11/h2-6H2,1H3. The molecule has 0 unspecified atom stereocenters. The molecule has 0 heterocycles. The number of unbranched alkanes of at least 4 members (excludes halogenated alkanes) is 3. The Hall–Kier alpha value is -0.750. The van der Waals surface area contributed by atoms with E-state index in [9.17, 15) is 4.79 Å². The van der Waals surface area contributed by atoms with Crippen molar-refractivity contribution in [2.45, 2.75) is 39.0 Å². The number of hydrogen-bond donors (Lipinski definition) is 0. The molecule has 0 bridgehead atoms. The average molecular weight is 183 g/mol. The molecule has 2 nitrogen and oxygen atoms in total. The molecule has 0 saturated heterocycles. The fourth-order valence-corrected chi connectivity index (χ4v) is 1.05. The van der Waals surface area contributed by atoms with Gasteiger partial charge >= 0.3 is 0 Å². The summed E-state index contributed by atoms with van der Waals surface area (Å²) >= 11 is 4.56. The normalized spacial score (nSPS) is 8.42. The highest BCUT2D eigenvalue weighted by Crippen LogP contribution is 2.08. The Morgan fingerprint density at radius 1 is 1.42 bits per heavy atom. The number of carbonyl (C=O) groups excluding carboxylic acids is 1. The minimum atomic E-state index is 0.552. The van der Waals surface area contributed by atoms with E-state index < -0.39 is 0 Å². The predicted octanol–water partition coefficient (Wildman–Crippen LogP) is 2.78. The van der Waals surface area contributed by atoms with Crippen molar-refractivity contribution in [3.8, 4) is 0 Å². The average Bonchev–Trinajstić information content (AvgIpc) is 2.10. The molecule has 0 aliphatic rings. The molecule has 0 radical (unpaired) electrons. The molecule has 0 amide bonds. The van der Waals surface area contributed by atoms with E-state index in [-0.39, 0.29) is 0 Å². The van der Waals surface area contributed by atoms with Gasteiger partial charge in [0.15, 0.2) is 0 Å². The zero-order valence-corrected chi connectivity index (χ0v) is 8.12. The second-order valence-corrected chi connectivity index (χ2v) is 2.77. The molecular weight excluding hydrogens is 170 g/mol. The van der Waals surface area contributed by atoms with E-state index >= 15 is 0 Å². The van der Waals surface area contributed by atoms with Crippen LogP contribution in [0.25, 0.3) is 0 Å². The highest BCUT2D eigenvalue weighted by Gasteiger charge is 1.93. The summed E-state index contributed by atoms with van der Waals surface area (Å²) in [5.41, 5.74) is 0.552. The summed E-state index contributed by atoms with van der Waals surface area (Å²) in [7, 11) is 0. The third-order valence-electron chi connectivity index (χ3n) is 1.57. The van der Waals surface area contributed by atoms with Gasteiger partial charge in [-0.1, -0.05) is 26.2 Å². The first-order chi connectivity index (χ1) is 5.85. The predicted molar refractivity (Wildman–Crippen MR) is 53.0 cm³/mol. The fourth-order valence-electron chi connectivity index (χ4n) is 0.904. The highest BCUT2D eigenvalue weighted by atomic mass is 32.1. The van der Waals surface area contributed by atoms with Gasteiger partial charge in [0.25, 0.3) is 0 Å². The molecule has 0 rings (SSSR count). The molecule has 0 atom stereocenters. The Labute approximate surface area is 78.4 Å². The number of allylic oxidation sites excluding steroid dienone is 1. The van der Waals surface area contributed by atoms with Crippen LogP contribution < -0.4 is 0 Å². The van der Waals surface area contributed by atoms with E-state index in [1.165, 1.54) is 18.9 Å². The fraction of sp³-hybridized carbons (Fsp3) is 0.667. The van der Waals surface area contributed by atoms with Crippen molar-refractivity contribution in [1.82, 2.24) is 0 Å².